The Morgan fingerprint density at radius 3 is 2.79 bits per heavy atom. The Kier molecular flexibility index (Phi) is 4.10. The molecule has 3 nitrogen and oxygen atoms in total. The normalized spacial score (nSPS) is 10.3. The van der Waals surface area contributed by atoms with E-state index >= 15 is 0 Å². The topological polar surface area (TPSA) is 32.3 Å². The second kappa shape index (κ2) is 5.12. The average molecular weight is 257 g/mol. The van der Waals surface area contributed by atoms with E-state index in [1.807, 2.05) is 24.3 Å². The first kappa shape index (κ1) is 11.2. The van der Waals surface area contributed by atoms with Crippen molar-refractivity contribution in [2.75, 3.05) is 14.1 Å². The lowest BCUT2D eigenvalue weighted by molar-refractivity contribution is -0.124. The van der Waals surface area contributed by atoms with Crippen molar-refractivity contribution in [1.82, 2.24) is 10.4 Å². The summed E-state index contributed by atoms with van der Waals surface area (Å²) >= 11 is 3.36. The molecule has 1 aromatic rings. The number of amides is 1. The summed E-state index contributed by atoms with van der Waals surface area (Å²) in [6.07, 6.45) is 0.400. The van der Waals surface area contributed by atoms with Crippen LogP contribution < -0.4 is 5.43 Å². The minimum absolute atomic E-state index is 0.00639. The van der Waals surface area contributed by atoms with E-state index in [0.717, 1.165) is 10.0 Å². The monoisotopic (exact) mass is 256 g/mol. The molecule has 0 atom stereocenters. The zero-order valence-electron chi connectivity index (χ0n) is 8.25. The summed E-state index contributed by atoms with van der Waals surface area (Å²) in [4.78, 5) is 11.4. The fourth-order valence-electron chi connectivity index (χ4n) is 1.12. The van der Waals surface area contributed by atoms with Gasteiger partial charge in [0, 0.05) is 18.6 Å². The Balaban J connectivity index is 2.56. The van der Waals surface area contributed by atoms with Gasteiger partial charge in [0.05, 0.1) is 6.42 Å². The lowest BCUT2D eigenvalue weighted by Crippen LogP contribution is -2.37. The summed E-state index contributed by atoms with van der Waals surface area (Å²) in [5.74, 6) is -0.00639. The van der Waals surface area contributed by atoms with Crippen LogP contribution in [0.3, 0.4) is 0 Å². The molecule has 1 amide bonds. The van der Waals surface area contributed by atoms with Gasteiger partial charge in [-0.05, 0) is 17.7 Å². The zero-order valence-corrected chi connectivity index (χ0v) is 9.84. The molecule has 0 fully saturated rings. The van der Waals surface area contributed by atoms with Gasteiger partial charge in [-0.2, -0.15) is 0 Å². The van der Waals surface area contributed by atoms with Crippen molar-refractivity contribution in [2.24, 2.45) is 0 Å². The van der Waals surface area contributed by atoms with E-state index in [9.17, 15) is 4.79 Å². The molecule has 4 heteroatoms. The van der Waals surface area contributed by atoms with Gasteiger partial charge in [-0.15, -0.1) is 0 Å². The number of nitrogens with one attached hydrogen (secondary N) is 1. The lowest BCUT2D eigenvalue weighted by Gasteiger charge is -2.11. The highest BCUT2D eigenvalue weighted by Crippen LogP contribution is 2.11. The van der Waals surface area contributed by atoms with Gasteiger partial charge < -0.3 is 0 Å². The van der Waals surface area contributed by atoms with E-state index in [1.165, 1.54) is 0 Å². The average Bonchev–Trinajstić information content (AvgIpc) is 2.01. The third-order valence-corrected chi connectivity index (χ3v) is 2.10. The molecule has 0 aliphatic carbocycles. The molecule has 0 radical (unpaired) electrons. The van der Waals surface area contributed by atoms with Crippen molar-refractivity contribution in [2.45, 2.75) is 6.42 Å². The first-order valence-corrected chi connectivity index (χ1v) is 5.08. The van der Waals surface area contributed by atoms with E-state index < -0.39 is 0 Å². The number of hydrogen-bond donors (Lipinski definition) is 1. The highest BCUT2D eigenvalue weighted by atomic mass is 79.9. The predicted molar refractivity (Wildman–Crippen MR) is 59.7 cm³/mol. The molecule has 14 heavy (non-hydrogen) atoms. The van der Waals surface area contributed by atoms with Gasteiger partial charge >= 0.3 is 0 Å². The standard InChI is InChI=1S/C10H13BrN2O/c1-13(2)12-10(14)7-8-4-3-5-9(11)6-8/h3-6H,7H2,1-2H3,(H,12,14). The van der Waals surface area contributed by atoms with Gasteiger partial charge in [0.2, 0.25) is 5.91 Å². The number of carbonyl (C=O) groups is 1. The first-order chi connectivity index (χ1) is 6.58. The van der Waals surface area contributed by atoms with Crippen molar-refractivity contribution in [3.8, 4) is 0 Å². The number of nitrogens with zero attached hydrogens (tertiary/aromatic N) is 1. The van der Waals surface area contributed by atoms with E-state index in [0.29, 0.717) is 6.42 Å². The Morgan fingerprint density at radius 1 is 1.50 bits per heavy atom. The molecule has 1 rings (SSSR count). The molecular formula is C10H13BrN2O. The highest BCUT2D eigenvalue weighted by molar-refractivity contribution is 9.10. The summed E-state index contributed by atoms with van der Waals surface area (Å²) in [6.45, 7) is 0. The van der Waals surface area contributed by atoms with Crippen LogP contribution in [0.5, 0.6) is 0 Å². The van der Waals surface area contributed by atoms with Crippen molar-refractivity contribution in [1.29, 1.82) is 0 Å². The summed E-state index contributed by atoms with van der Waals surface area (Å²) in [7, 11) is 3.58. The molecular weight excluding hydrogens is 244 g/mol. The Morgan fingerprint density at radius 2 is 2.21 bits per heavy atom. The third kappa shape index (κ3) is 3.89. The smallest absolute Gasteiger partial charge is 0.238 e. The third-order valence-electron chi connectivity index (χ3n) is 1.60. The van der Waals surface area contributed by atoms with E-state index in [2.05, 4.69) is 21.4 Å². The maximum atomic E-state index is 11.4. The van der Waals surface area contributed by atoms with Crippen LogP contribution in [0, 0.1) is 0 Å². The van der Waals surface area contributed by atoms with Gasteiger partial charge in [0.1, 0.15) is 0 Å². The molecule has 0 saturated carbocycles. The molecule has 1 aromatic carbocycles. The summed E-state index contributed by atoms with van der Waals surface area (Å²) in [5.41, 5.74) is 3.69. The largest absolute Gasteiger partial charge is 0.289 e. The Hall–Kier alpha value is -0.870. The number of halogens is 1. The van der Waals surface area contributed by atoms with Gasteiger partial charge in [-0.1, -0.05) is 28.1 Å². The summed E-state index contributed by atoms with van der Waals surface area (Å²) < 4.78 is 0.993. The maximum absolute atomic E-state index is 11.4. The highest BCUT2D eigenvalue weighted by Gasteiger charge is 2.03. The molecule has 76 valence electrons. The van der Waals surface area contributed by atoms with Crippen molar-refractivity contribution in [3.05, 3.63) is 34.3 Å². The van der Waals surface area contributed by atoms with Crippen LogP contribution in [-0.2, 0) is 11.2 Å². The Labute approximate surface area is 92.2 Å². The van der Waals surface area contributed by atoms with Crippen molar-refractivity contribution >= 4 is 21.8 Å². The molecule has 0 saturated heterocycles. The van der Waals surface area contributed by atoms with Crippen LogP contribution in [-0.4, -0.2) is 25.0 Å². The maximum Gasteiger partial charge on any atom is 0.238 e. The second-order valence-electron chi connectivity index (χ2n) is 3.24. The van der Waals surface area contributed by atoms with E-state index in [1.54, 1.807) is 19.1 Å². The van der Waals surface area contributed by atoms with Crippen molar-refractivity contribution in [3.63, 3.8) is 0 Å². The number of carbonyl (C=O) groups excluding carboxylic acids is 1. The molecule has 0 aromatic heterocycles. The van der Waals surface area contributed by atoms with Crippen LogP contribution in [0.2, 0.25) is 0 Å². The van der Waals surface area contributed by atoms with Gasteiger partial charge in [-0.3, -0.25) is 10.2 Å². The van der Waals surface area contributed by atoms with Gasteiger partial charge in [0.25, 0.3) is 0 Å². The molecule has 0 bridgehead atoms. The van der Waals surface area contributed by atoms with Crippen LogP contribution in [0.25, 0.3) is 0 Å². The van der Waals surface area contributed by atoms with E-state index in [4.69, 9.17) is 0 Å². The predicted octanol–water partition coefficient (Wildman–Crippen LogP) is 1.58. The first-order valence-electron chi connectivity index (χ1n) is 4.29. The van der Waals surface area contributed by atoms with Crippen LogP contribution >= 0.6 is 15.9 Å². The quantitative estimate of drug-likeness (QED) is 0.834. The number of hydrazine groups is 1. The van der Waals surface area contributed by atoms with Crippen LogP contribution in [0.1, 0.15) is 5.56 Å². The number of rotatable bonds is 3. The molecule has 0 spiro atoms. The number of hydrogen-bond acceptors (Lipinski definition) is 2. The van der Waals surface area contributed by atoms with Gasteiger partial charge in [0.15, 0.2) is 0 Å². The zero-order chi connectivity index (χ0) is 10.6. The van der Waals surface area contributed by atoms with Gasteiger partial charge in [-0.25, -0.2) is 5.01 Å². The molecule has 0 unspecified atom stereocenters. The van der Waals surface area contributed by atoms with E-state index in [-0.39, 0.29) is 5.91 Å². The Bertz CT molecular complexity index is 326. The van der Waals surface area contributed by atoms with Crippen molar-refractivity contribution < 1.29 is 4.79 Å². The van der Waals surface area contributed by atoms with Crippen LogP contribution in [0.4, 0.5) is 0 Å². The summed E-state index contributed by atoms with van der Waals surface area (Å²) in [5, 5.41) is 1.64. The second-order valence-corrected chi connectivity index (χ2v) is 4.15. The SMILES string of the molecule is CN(C)NC(=O)Cc1cccc(Br)c1. The van der Waals surface area contributed by atoms with Crippen LogP contribution in [0.15, 0.2) is 28.7 Å². The molecule has 0 aliphatic heterocycles. The molecule has 0 heterocycles. The fraction of sp³-hybridized carbons (Fsp3) is 0.300. The number of benzene rings is 1. The summed E-state index contributed by atoms with van der Waals surface area (Å²) in [6, 6.07) is 7.73. The minimum Gasteiger partial charge on any atom is -0.289 e. The minimum atomic E-state index is -0.00639. The lowest BCUT2D eigenvalue weighted by atomic mass is 10.1. The fourth-order valence-corrected chi connectivity index (χ4v) is 1.57. The molecule has 1 N–H and O–H groups in total. The molecule has 0 aliphatic rings.